The van der Waals surface area contributed by atoms with Gasteiger partial charge in [-0.05, 0) is 128 Å². The van der Waals surface area contributed by atoms with E-state index in [1.165, 1.54) is 44.1 Å². The van der Waals surface area contributed by atoms with Gasteiger partial charge in [0.2, 0.25) is 0 Å². The Labute approximate surface area is 361 Å². The number of methoxy groups -OCH3 is 1. The fourth-order valence-electron chi connectivity index (χ4n) is 8.50. The van der Waals surface area contributed by atoms with E-state index in [4.69, 9.17) is 48.4 Å². The monoisotopic (exact) mass is 838 g/mol. The molecule has 0 radical (unpaired) electrons. The Morgan fingerprint density at radius 3 is 1.56 bits per heavy atom. The van der Waals surface area contributed by atoms with Crippen LogP contribution in [0.3, 0.4) is 0 Å². The molecule has 4 rings (SSSR count). The number of rotatable bonds is 30. The van der Waals surface area contributed by atoms with Gasteiger partial charge in [0.05, 0.1) is 79.3 Å². The summed E-state index contributed by atoms with van der Waals surface area (Å²) >= 11 is 0. The van der Waals surface area contributed by atoms with Gasteiger partial charge in [-0.1, -0.05) is 61.5 Å². The van der Waals surface area contributed by atoms with Crippen molar-refractivity contribution in [3.63, 3.8) is 0 Å². The van der Waals surface area contributed by atoms with Gasteiger partial charge in [0.1, 0.15) is 12.4 Å². The smallest absolute Gasteiger partial charge is 0.119 e. The molecule has 0 aromatic heterocycles. The molecule has 0 bridgehead atoms. The Bertz CT molecular complexity index is 1140. The average molecular weight is 838 g/mol. The minimum Gasteiger partial charge on any atom is -0.491 e. The van der Waals surface area contributed by atoms with Crippen molar-refractivity contribution in [1.29, 1.82) is 0 Å². The fourth-order valence-corrected chi connectivity index (χ4v) is 8.50. The second-order valence-corrected chi connectivity index (χ2v) is 18.3. The molecule has 0 spiro atoms. The first-order valence-corrected chi connectivity index (χ1v) is 23.5. The molecule has 1 aromatic carbocycles. The minimum atomic E-state index is 0.585. The van der Waals surface area contributed by atoms with Gasteiger partial charge < -0.3 is 48.4 Å². The summed E-state index contributed by atoms with van der Waals surface area (Å²) in [5, 5.41) is 0. The third kappa shape index (κ3) is 23.1. The fraction of sp³-hybridized carbons (Fsp3) is 0.878. The van der Waals surface area contributed by atoms with Gasteiger partial charge in [-0.25, -0.2) is 0 Å². The van der Waals surface area contributed by atoms with Gasteiger partial charge in [-0.15, -0.1) is 0 Å². The van der Waals surface area contributed by atoms with Crippen molar-refractivity contribution in [2.75, 3.05) is 119 Å². The molecule has 3 aliphatic carbocycles. The number of hydrogen-bond donors (Lipinski definition) is 1. The van der Waals surface area contributed by atoms with Crippen molar-refractivity contribution >= 4 is 0 Å². The molecule has 5 atom stereocenters. The normalized spacial score (nSPS) is 22.1. The molecule has 10 heteroatoms. The van der Waals surface area contributed by atoms with Crippen LogP contribution >= 0.6 is 0 Å². The Morgan fingerprint density at radius 2 is 1.07 bits per heavy atom. The summed E-state index contributed by atoms with van der Waals surface area (Å²) < 4.78 is 48.7. The highest BCUT2D eigenvalue weighted by Gasteiger charge is 2.53. The molecular formula is C49H91NO9. The quantitative estimate of drug-likeness (QED) is 0.0754. The molecule has 0 saturated heterocycles. The van der Waals surface area contributed by atoms with Crippen LogP contribution in [0.2, 0.25) is 0 Å². The topological polar surface area (TPSA) is 109 Å². The number of aryl methyl sites for hydroxylation is 1. The van der Waals surface area contributed by atoms with Crippen molar-refractivity contribution in [3.8, 4) is 5.75 Å². The van der Waals surface area contributed by atoms with Crippen LogP contribution in [-0.2, 0) is 44.3 Å². The van der Waals surface area contributed by atoms with Crippen LogP contribution in [-0.4, -0.2) is 119 Å². The molecule has 0 unspecified atom stereocenters. The summed E-state index contributed by atoms with van der Waals surface area (Å²) in [5.74, 6) is 6.61. The van der Waals surface area contributed by atoms with Crippen LogP contribution in [0.1, 0.15) is 124 Å². The van der Waals surface area contributed by atoms with Crippen LogP contribution in [0, 0.1) is 40.9 Å². The van der Waals surface area contributed by atoms with Gasteiger partial charge in [0.25, 0.3) is 0 Å². The zero-order chi connectivity index (χ0) is 43.1. The predicted molar refractivity (Wildman–Crippen MR) is 241 cm³/mol. The molecule has 2 saturated carbocycles. The Balaban J connectivity index is 0.000000395. The maximum Gasteiger partial charge on any atom is 0.119 e. The van der Waals surface area contributed by atoms with E-state index in [9.17, 15) is 0 Å². The molecular weight excluding hydrogens is 747 g/mol. The van der Waals surface area contributed by atoms with E-state index in [2.05, 4.69) is 73.6 Å². The Morgan fingerprint density at radius 1 is 0.593 bits per heavy atom. The van der Waals surface area contributed by atoms with Gasteiger partial charge in [0.15, 0.2) is 0 Å². The molecule has 2 fully saturated rings. The van der Waals surface area contributed by atoms with Crippen LogP contribution in [0.4, 0.5) is 0 Å². The summed E-state index contributed by atoms with van der Waals surface area (Å²) in [6.45, 7) is 29.7. The molecule has 2 N–H and O–H groups in total. The van der Waals surface area contributed by atoms with Crippen molar-refractivity contribution < 1.29 is 42.6 Å². The van der Waals surface area contributed by atoms with E-state index in [1.807, 2.05) is 0 Å². The molecule has 0 heterocycles. The third-order valence-electron chi connectivity index (χ3n) is 12.4. The largest absolute Gasteiger partial charge is 0.491 e. The summed E-state index contributed by atoms with van der Waals surface area (Å²) in [5.41, 5.74) is 8.98. The van der Waals surface area contributed by atoms with E-state index in [1.54, 1.807) is 12.7 Å². The molecule has 10 nitrogen and oxygen atoms in total. The number of nitrogens with two attached hydrogens (primary N) is 1. The van der Waals surface area contributed by atoms with Crippen LogP contribution in [0.5, 0.6) is 5.75 Å². The predicted octanol–water partition coefficient (Wildman–Crippen LogP) is 9.39. The molecule has 346 valence electrons. The number of hydrogen-bond acceptors (Lipinski definition) is 10. The van der Waals surface area contributed by atoms with Crippen LogP contribution in [0.25, 0.3) is 0 Å². The van der Waals surface area contributed by atoms with E-state index in [0.717, 1.165) is 80.3 Å². The summed E-state index contributed by atoms with van der Waals surface area (Å²) in [6, 6.07) is 6.87. The van der Waals surface area contributed by atoms with Crippen molar-refractivity contribution in [3.05, 3.63) is 29.3 Å². The SMILES string of the molecule is CC(C)CCOCCOCCN.CC(C)CCOCCOCCOCCOc1ccc2c(c1)CC[C@@H]1[C@@H]2CC[C@]2(C)[C@@H](C)CC[C@@H]12.COCCOCCOCCC(C)C. The highest BCUT2D eigenvalue weighted by Crippen LogP contribution is 2.62. The molecule has 0 amide bonds. The van der Waals surface area contributed by atoms with Crippen LogP contribution < -0.4 is 10.5 Å². The summed E-state index contributed by atoms with van der Waals surface area (Å²) in [7, 11) is 1.67. The third-order valence-corrected chi connectivity index (χ3v) is 12.4. The zero-order valence-electron chi connectivity index (χ0n) is 39.4. The standard InChI is InChI=1S/C30H48O4.C10H22O3.C9H21NO2/c1-22(2)12-14-31-15-16-32-17-18-33-19-20-34-25-7-9-26-24(21-25)6-8-28-27(26)11-13-30(4)23(3)5-10-29(28)30;1-10(2)4-5-12-8-9-13-7-6-11-3;1-9(2)3-5-11-7-8-12-6-4-10/h7,9,21-23,27-29H,5-6,8,10-20H2,1-4H3;10H,4-9H2,1-3H3;9H,3-8,10H2,1-2H3/t23-,27+,28+,29-,30+;;/m0../s1. The minimum absolute atomic E-state index is 0.585. The first-order chi connectivity index (χ1) is 28.5. The van der Waals surface area contributed by atoms with E-state index >= 15 is 0 Å². The second kappa shape index (κ2) is 33.2. The lowest BCUT2D eigenvalue weighted by molar-refractivity contribution is 0.00787. The van der Waals surface area contributed by atoms with Gasteiger partial charge in [-0.3, -0.25) is 0 Å². The lowest BCUT2D eigenvalue weighted by atomic mass is 9.54. The lowest BCUT2D eigenvalue weighted by Gasteiger charge is -2.50. The first-order valence-electron chi connectivity index (χ1n) is 23.5. The van der Waals surface area contributed by atoms with E-state index in [0.29, 0.717) is 104 Å². The Kier molecular flexibility index (Phi) is 30.3. The summed E-state index contributed by atoms with van der Waals surface area (Å²) in [6.07, 6.45) is 11.6. The number of ether oxygens (including phenoxy) is 9. The van der Waals surface area contributed by atoms with E-state index < -0.39 is 0 Å². The lowest BCUT2D eigenvalue weighted by Crippen LogP contribution is -2.41. The second-order valence-electron chi connectivity index (χ2n) is 18.3. The van der Waals surface area contributed by atoms with Crippen molar-refractivity contribution in [2.45, 2.75) is 119 Å². The first kappa shape index (κ1) is 53.8. The molecule has 0 aliphatic heterocycles. The van der Waals surface area contributed by atoms with Gasteiger partial charge in [0, 0.05) is 33.5 Å². The number of benzene rings is 1. The number of fused-ring (bicyclic) bond motifs is 5. The van der Waals surface area contributed by atoms with Gasteiger partial charge >= 0.3 is 0 Å². The molecule has 59 heavy (non-hydrogen) atoms. The summed E-state index contributed by atoms with van der Waals surface area (Å²) in [4.78, 5) is 0. The zero-order valence-corrected chi connectivity index (χ0v) is 39.4. The molecule has 1 aromatic rings. The maximum absolute atomic E-state index is 6.01. The Hall–Kier alpha value is -1.34. The highest BCUT2D eigenvalue weighted by molar-refractivity contribution is 5.40. The van der Waals surface area contributed by atoms with E-state index in [-0.39, 0.29) is 0 Å². The molecule has 3 aliphatic rings. The maximum atomic E-state index is 6.01. The van der Waals surface area contributed by atoms with Gasteiger partial charge in [-0.2, -0.15) is 0 Å². The van der Waals surface area contributed by atoms with Crippen molar-refractivity contribution in [1.82, 2.24) is 0 Å². The highest BCUT2D eigenvalue weighted by atomic mass is 16.6. The van der Waals surface area contributed by atoms with Crippen LogP contribution in [0.15, 0.2) is 18.2 Å². The average Bonchev–Trinajstić information content (AvgIpc) is 3.52. The van der Waals surface area contributed by atoms with Crippen molar-refractivity contribution in [2.24, 2.45) is 46.7 Å².